The summed E-state index contributed by atoms with van der Waals surface area (Å²) in [7, 11) is 2.15. The lowest BCUT2D eigenvalue weighted by Crippen LogP contribution is -2.45. The van der Waals surface area contributed by atoms with Gasteiger partial charge in [0.25, 0.3) is 0 Å². The topological polar surface area (TPSA) is 15.3 Å². The molecule has 3 heteroatoms. The second-order valence-corrected chi connectivity index (χ2v) is 4.50. The van der Waals surface area contributed by atoms with Crippen molar-refractivity contribution in [3.05, 3.63) is 35.6 Å². The van der Waals surface area contributed by atoms with Gasteiger partial charge in [-0.05, 0) is 50.6 Å². The average molecular weight is 222 g/mol. The van der Waals surface area contributed by atoms with Gasteiger partial charge in [-0.1, -0.05) is 12.1 Å². The van der Waals surface area contributed by atoms with E-state index in [2.05, 4.69) is 17.3 Å². The molecule has 1 N–H and O–H groups in total. The molecule has 2 rings (SSSR count). The van der Waals surface area contributed by atoms with Gasteiger partial charge in [0, 0.05) is 6.54 Å². The Labute approximate surface area is 96.5 Å². The Morgan fingerprint density at radius 3 is 2.75 bits per heavy atom. The van der Waals surface area contributed by atoms with Crippen molar-refractivity contribution in [3.8, 4) is 0 Å². The van der Waals surface area contributed by atoms with Crippen LogP contribution in [0.3, 0.4) is 0 Å². The Morgan fingerprint density at radius 2 is 2.06 bits per heavy atom. The smallest absolute Gasteiger partial charge is 0.123 e. The Morgan fingerprint density at radius 1 is 1.31 bits per heavy atom. The first kappa shape index (κ1) is 11.6. The summed E-state index contributed by atoms with van der Waals surface area (Å²) >= 11 is 0. The summed E-state index contributed by atoms with van der Waals surface area (Å²) in [5, 5.41) is 3.51. The van der Waals surface area contributed by atoms with Crippen LogP contribution in [0.15, 0.2) is 24.3 Å². The van der Waals surface area contributed by atoms with E-state index in [1.54, 1.807) is 0 Å². The van der Waals surface area contributed by atoms with Crippen LogP contribution in [0.5, 0.6) is 0 Å². The van der Waals surface area contributed by atoms with Crippen LogP contribution in [0.25, 0.3) is 0 Å². The molecule has 0 spiro atoms. The van der Waals surface area contributed by atoms with Crippen molar-refractivity contribution >= 4 is 0 Å². The van der Waals surface area contributed by atoms with Crippen molar-refractivity contribution in [3.63, 3.8) is 0 Å². The molecular formula is C13H19FN2. The lowest BCUT2D eigenvalue weighted by molar-refractivity contribution is 0.152. The van der Waals surface area contributed by atoms with Gasteiger partial charge in [0.1, 0.15) is 5.82 Å². The minimum Gasteiger partial charge on any atom is -0.298 e. The van der Waals surface area contributed by atoms with E-state index in [1.165, 1.54) is 37.9 Å². The van der Waals surface area contributed by atoms with E-state index >= 15 is 0 Å². The second kappa shape index (κ2) is 5.41. The summed E-state index contributed by atoms with van der Waals surface area (Å²) in [6, 6.07) is 6.71. The van der Waals surface area contributed by atoms with E-state index < -0.39 is 0 Å². The molecule has 0 bridgehead atoms. The second-order valence-electron chi connectivity index (χ2n) is 4.50. The van der Waals surface area contributed by atoms with E-state index in [0.717, 1.165) is 12.1 Å². The number of piperidine rings is 1. The summed E-state index contributed by atoms with van der Waals surface area (Å²) in [5.41, 5.74) is 1.14. The van der Waals surface area contributed by atoms with Gasteiger partial charge in [-0.2, -0.15) is 0 Å². The quantitative estimate of drug-likeness (QED) is 0.844. The highest BCUT2D eigenvalue weighted by Crippen LogP contribution is 2.13. The van der Waals surface area contributed by atoms with Crippen molar-refractivity contribution in [1.82, 2.24) is 10.2 Å². The predicted molar refractivity (Wildman–Crippen MR) is 63.5 cm³/mol. The number of rotatable bonds is 3. The van der Waals surface area contributed by atoms with E-state index in [-0.39, 0.29) is 5.82 Å². The first-order valence-electron chi connectivity index (χ1n) is 5.94. The van der Waals surface area contributed by atoms with Gasteiger partial charge in [-0.25, -0.2) is 4.39 Å². The third-order valence-corrected chi connectivity index (χ3v) is 3.23. The zero-order valence-electron chi connectivity index (χ0n) is 9.75. The van der Waals surface area contributed by atoms with Gasteiger partial charge < -0.3 is 0 Å². The number of hydrogen-bond donors (Lipinski definition) is 1. The summed E-state index contributed by atoms with van der Waals surface area (Å²) in [6.07, 6.45) is 4.27. The van der Waals surface area contributed by atoms with Gasteiger partial charge in [0.2, 0.25) is 0 Å². The summed E-state index contributed by atoms with van der Waals surface area (Å²) < 4.78 is 12.7. The number of halogens is 1. The summed E-state index contributed by atoms with van der Waals surface area (Å²) in [6.45, 7) is 1.98. The van der Waals surface area contributed by atoms with Crippen molar-refractivity contribution in [2.45, 2.75) is 32.0 Å². The van der Waals surface area contributed by atoms with Crippen LogP contribution >= 0.6 is 0 Å². The summed E-state index contributed by atoms with van der Waals surface area (Å²) in [4.78, 5) is 2.35. The van der Waals surface area contributed by atoms with Gasteiger partial charge in [0.15, 0.2) is 0 Å². The number of benzene rings is 1. The van der Waals surface area contributed by atoms with Crippen LogP contribution in [0.1, 0.15) is 24.8 Å². The van der Waals surface area contributed by atoms with E-state index in [9.17, 15) is 4.39 Å². The lowest BCUT2D eigenvalue weighted by Gasteiger charge is -2.33. The molecule has 2 nitrogen and oxygen atoms in total. The van der Waals surface area contributed by atoms with Crippen molar-refractivity contribution < 1.29 is 4.39 Å². The fourth-order valence-electron chi connectivity index (χ4n) is 2.17. The van der Waals surface area contributed by atoms with Crippen LogP contribution in [0, 0.1) is 5.82 Å². The molecule has 1 fully saturated rings. The maximum Gasteiger partial charge on any atom is 0.123 e. The molecule has 16 heavy (non-hydrogen) atoms. The zero-order chi connectivity index (χ0) is 11.4. The molecule has 88 valence electrons. The SMILES string of the molecule is CN1CCCCC1NCc1ccc(F)cc1. The molecule has 1 aliphatic rings. The molecule has 1 aliphatic heterocycles. The van der Waals surface area contributed by atoms with Crippen molar-refractivity contribution in [2.24, 2.45) is 0 Å². The van der Waals surface area contributed by atoms with Crippen LogP contribution in [-0.2, 0) is 6.54 Å². The lowest BCUT2D eigenvalue weighted by atomic mass is 10.1. The minimum absolute atomic E-state index is 0.168. The van der Waals surface area contributed by atoms with Crippen LogP contribution in [0.4, 0.5) is 4.39 Å². The standard InChI is InChI=1S/C13H19FN2/c1-16-9-3-2-4-13(16)15-10-11-5-7-12(14)8-6-11/h5-8,13,15H,2-4,9-10H2,1H3. The Hall–Kier alpha value is -0.930. The summed E-state index contributed by atoms with van der Waals surface area (Å²) in [5.74, 6) is -0.168. The normalized spacial score (nSPS) is 22.2. The Balaban J connectivity index is 1.84. The third kappa shape index (κ3) is 3.03. The van der Waals surface area contributed by atoms with Gasteiger partial charge in [0.05, 0.1) is 6.17 Å². The molecule has 1 unspecified atom stereocenters. The first-order chi connectivity index (χ1) is 7.75. The van der Waals surface area contributed by atoms with Crippen LogP contribution in [0.2, 0.25) is 0 Å². The fourth-order valence-corrected chi connectivity index (χ4v) is 2.17. The van der Waals surface area contributed by atoms with Gasteiger partial charge >= 0.3 is 0 Å². The van der Waals surface area contributed by atoms with Gasteiger partial charge in [-0.15, -0.1) is 0 Å². The van der Waals surface area contributed by atoms with Crippen LogP contribution < -0.4 is 5.32 Å². The first-order valence-corrected chi connectivity index (χ1v) is 5.94. The maximum absolute atomic E-state index is 12.7. The predicted octanol–water partition coefficient (Wildman–Crippen LogP) is 2.36. The number of likely N-dealkylation sites (tertiary alicyclic amines) is 1. The molecule has 0 saturated carbocycles. The molecule has 0 aliphatic carbocycles. The Kier molecular flexibility index (Phi) is 3.91. The third-order valence-electron chi connectivity index (χ3n) is 3.23. The molecule has 1 heterocycles. The Bertz CT molecular complexity index is 323. The van der Waals surface area contributed by atoms with Gasteiger partial charge in [-0.3, -0.25) is 10.2 Å². The molecule has 1 saturated heterocycles. The molecular weight excluding hydrogens is 203 g/mol. The number of nitrogens with one attached hydrogen (secondary N) is 1. The molecule has 1 atom stereocenters. The molecule has 1 aromatic rings. The largest absolute Gasteiger partial charge is 0.298 e. The van der Waals surface area contributed by atoms with E-state index in [0.29, 0.717) is 6.17 Å². The highest BCUT2D eigenvalue weighted by molar-refractivity contribution is 5.15. The van der Waals surface area contributed by atoms with E-state index in [4.69, 9.17) is 0 Å². The zero-order valence-corrected chi connectivity index (χ0v) is 9.75. The molecule has 0 aromatic heterocycles. The number of hydrogen-bond acceptors (Lipinski definition) is 2. The highest BCUT2D eigenvalue weighted by atomic mass is 19.1. The molecule has 0 amide bonds. The number of nitrogens with zero attached hydrogens (tertiary/aromatic N) is 1. The maximum atomic E-state index is 12.7. The fraction of sp³-hybridized carbons (Fsp3) is 0.538. The molecule has 1 aromatic carbocycles. The van der Waals surface area contributed by atoms with Crippen molar-refractivity contribution in [1.29, 1.82) is 0 Å². The van der Waals surface area contributed by atoms with Crippen LogP contribution in [-0.4, -0.2) is 24.7 Å². The minimum atomic E-state index is -0.168. The molecule has 0 radical (unpaired) electrons. The van der Waals surface area contributed by atoms with E-state index in [1.807, 2.05) is 12.1 Å². The monoisotopic (exact) mass is 222 g/mol. The van der Waals surface area contributed by atoms with Crippen molar-refractivity contribution in [2.75, 3.05) is 13.6 Å². The highest BCUT2D eigenvalue weighted by Gasteiger charge is 2.17. The average Bonchev–Trinajstić information content (AvgIpc) is 2.30.